The number of rotatable bonds is 8. The van der Waals surface area contributed by atoms with Crippen LogP contribution in [0.1, 0.15) is 44.6 Å². The smallest absolute Gasteiger partial charge is 0.311 e. The number of carbonyl (C=O) groups is 1. The molecular formula is C20H26O4. The van der Waals surface area contributed by atoms with E-state index in [1.807, 2.05) is 13.0 Å². The number of esters is 1. The highest BCUT2D eigenvalue weighted by Crippen LogP contribution is 2.42. The van der Waals surface area contributed by atoms with Crippen LogP contribution >= 0.6 is 0 Å². The topological polar surface area (TPSA) is 44.8 Å². The molecule has 1 saturated heterocycles. The van der Waals surface area contributed by atoms with Gasteiger partial charge < -0.3 is 14.2 Å². The minimum absolute atomic E-state index is 0.165. The van der Waals surface area contributed by atoms with Crippen LogP contribution in [-0.2, 0) is 19.0 Å². The van der Waals surface area contributed by atoms with E-state index in [4.69, 9.17) is 14.2 Å². The highest BCUT2D eigenvalue weighted by Gasteiger charge is 2.39. The molecule has 0 bridgehead atoms. The molecular weight excluding hydrogens is 304 g/mol. The molecule has 0 radical (unpaired) electrons. The van der Waals surface area contributed by atoms with Gasteiger partial charge in [-0.25, -0.2) is 0 Å². The Morgan fingerprint density at radius 3 is 2.58 bits per heavy atom. The normalized spacial score (nSPS) is 20.1. The summed E-state index contributed by atoms with van der Waals surface area (Å²) in [7, 11) is 0. The van der Waals surface area contributed by atoms with Crippen LogP contribution in [0, 0.1) is 5.92 Å². The van der Waals surface area contributed by atoms with E-state index in [1.54, 1.807) is 0 Å². The molecule has 0 N–H and O–H groups in total. The van der Waals surface area contributed by atoms with Crippen LogP contribution in [0.25, 0.3) is 5.57 Å². The molecule has 1 heterocycles. The Balaban J connectivity index is 1.64. The van der Waals surface area contributed by atoms with E-state index in [2.05, 4.69) is 30.3 Å². The SMILES string of the molecule is CCOC(=O)CC1(CC/C=C(/c2ccccc2)C2CC2)OCCO1. The number of benzene rings is 1. The summed E-state index contributed by atoms with van der Waals surface area (Å²) in [6.45, 7) is 3.27. The lowest BCUT2D eigenvalue weighted by molar-refractivity contribution is -0.184. The summed E-state index contributed by atoms with van der Waals surface area (Å²) >= 11 is 0. The predicted octanol–water partition coefficient (Wildman–Crippen LogP) is 3.96. The average Bonchev–Trinajstić information content (AvgIpc) is 3.33. The van der Waals surface area contributed by atoms with Crippen molar-refractivity contribution in [3.63, 3.8) is 0 Å². The molecule has 2 aliphatic rings. The van der Waals surface area contributed by atoms with Crippen LogP contribution in [0.5, 0.6) is 0 Å². The van der Waals surface area contributed by atoms with Crippen molar-refractivity contribution < 1.29 is 19.0 Å². The van der Waals surface area contributed by atoms with Crippen molar-refractivity contribution in [2.75, 3.05) is 19.8 Å². The van der Waals surface area contributed by atoms with E-state index in [0.717, 1.165) is 6.42 Å². The first-order valence-corrected chi connectivity index (χ1v) is 8.91. The van der Waals surface area contributed by atoms with Crippen molar-refractivity contribution in [1.29, 1.82) is 0 Å². The Morgan fingerprint density at radius 2 is 1.96 bits per heavy atom. The summed E-state index contributed by atoms with van der Waals surface area (Å²) in [6.07, 6.45) is 6.50. The lowest BCUT2D eigenvalue weighted by Gasteiger charge is -2.26. The molecule has 1 aromatic carbocycles. The summed E-state index contributed by atoms with van der Waals surface area (Å²) in [5.74, 6) is -0.388. The lowest BCUT2D eigenvalue weighted by atomic mass is 9.98. The summed E-state index contributed by atoms with van der Waals surface area (Å²) in [4.78, 5) is 11.8. The Hall–Kier alpha value is -1.65. The molecule has 0 atom stereocenters. The Labute approximate surface area is 143 Å². The van der Waals surface area contributed by atoms with Gasteiger partial charge in [0.2, 0.25) is 0 Å². The molecule has 0 aromatic heterocycles. The van der Waals surface area contributed by atoms with Gasteiger partial charge in [0.1, 0.15) is 0 Å². The maximum Gasteiger partial charge on any atom is 0.311 e. The third-order valence-corrected chi connectivity index (χ3v) is 4.55. The summed E-state index contributed by atoms with van der Waals surface area (Å²) in [5, 5.41) is 0. The zero-order valence-corrected chi connectivity index (χ0v) is 14.3. The van der Waals surface area contributed by atoms with Gasteiger partial charge in [-0.1, -0.05) is 36.4 Å². The fourth-order valence-electron chi connectivity index (χ4n) is 3.26. The molecule has 4 nitrogen and oxygen atoms in total. The maximum atomic E-state index is 11.8. The first kappa shape index (κ1) is 17.2. The number of allylic oxidation sites excluding steroid dienone is 2. The fraction of sp³-hybridized carbons (Fsp3) is 0.550. The van der Waals surface area contributed by atoms with Crippen LogP contribution in [0.2, 0.25) is 0 Å². The number of ether oxygens (including phenoxy) is 3. The molecule has 0 spiro atoms. The van der Waals surface area contributed by atoms with E-state index in [1.165, 1.54) is 24.0 Å². The van der Waals surface area contributed by atoms with E-state index in [0.29, 0.717) is 32.2 Å². The molecule has 4 heteroatoms. The van der Waals surface area contributed by atoms with Crippen molar-refractivity contribution in [1.82, 2.24) is 0 Å². The minimum atomic E-state index is -0.811. The standard InChI is InChI=1S/C20H26O4/c1-2-22-19(21)15-20(23-13-14-24-20)12-6-9-18(17-10-11-17)16-7-4-3-5-8-16/h3-5,7-9,17H,2,6,10-15H2,1H3/b18-9-. The third-order valence-electron chi connectivity index (χ3n) is 4.55. The molecule has 1 aliphatic heterocycles. The molecule has 0 amide bonds. The van der Waals surface area contributed by atoms with Gasteiger partial charge in [-0.05, 0) is 43.2 Å². The first-order valence-electron chi connectivity index (χ1n) is 8.91. The van der Waals surface area contributed by atoms with E-state index >= 15 is 0 Å². The lowest BCUT2D eigenvalue weighted by Crippen LogP contribution is -2.33. The molecule has 3 rings (SSSR count). The largest absolute Gasteiger partial charge is 0.466 e. The Kier molecular flexibility index (Phi) is 5.69. The van der Waals surface area contributed by atoms with Gasteiger partial charge >= 0.3 is 5.97 Å². The van der Waals surface area contributed by atoms with Crippen LogP contribution < -0.4 is 0 Å². The second kappa shape index (κ2) is 7.95. The number of hydrogen-bond donors (Lipinski definition) is 0. The number of carbonyl (C=O) groups excluding carboxylic acids is 1. The second-order valence-corrected chi connectivity index (χ2v) is 6.43. The minimum Gasteiger partial charge on any atom is -0.466 e. The van der Waals surface area contributed by atoms with Crippen molar-refractivity contribution in [2.24, 2.45) is 5.92 Å². The van der Waals surface area contributed by atoms with Gasteiger partial charge in [-0.2, -0.15) is 0 Å². The fourth-order valence-corrected chi connectivity index (χ4v) is 3.26. The van der Waals surface area contributed by atoms with Gasteiger partial charge in [0, 0.05) is 6.42 Å². The molecule has 1 saturated carbocycles. The molecule has 2 fully saturated rings. The van der Waals surface area contributed by atoms with Crippen LogP contribution in [0.3, 0.4) is 0 Å². The molecule has 0 unspecified atom stereocenters. The Bertz CT molecular complexity index is 569. The van der Waals surface area contributed by atoms with Crippen molar-refractivity contribution in [3.8, 4) is 0 Å². The Morgan fingerprint density at radius 1 is 1.25 bits per heavy atom. The zero-order chi connectivity index (χ0) is 16.8. The van der Waals surface area contributed by atoms with Crippen LogP contribution in [-0.4, -0.2) is 31.6 Å². The molecule has 1 aromatic rings. The summed E-state index contributed by atoms with van der Waals surface area (Å²) < 4.78 is 16.6. The quantitative estimate of drug-likeness (QED) is 0.677. The van der Waals surface area contributed by atoms with Crippen LogP contribution in [0.4, 0.5) is 0 Å². The monoisotopic (exact) mass is 330 g/mol. The highest BCUT2D eigenvalue weighted by molar-refractivity contribution is 5.70. The third kappa shape index (κ3) is 4.46. The van der Waals surface area contributed by atoms with Gasteiger partial charge in [0.05, 0.1) is 26.2 Å². The van der Waals surface area contributed by atoms with E-state index < -0.39 is 5.79 Å². The van der Waals surface area contributed by atoms with Gasteiger partial charge in [0.15, 0.2) is 5.79 Å². The maximum absolute atomic E-state index is 11.8. The molecule has 24 heavy (non-hydrogen) atoms. The molecule has 130 valence electrons. The van der Waals surface area contributed by atoms with Gasteiger partial charge in [-0.15, -0.1) is 0 Å². The number of hydrogen-bond acceptors (Lipinski definition) is 4. The van der Waals surface area contributed by atoms with Crippen LogP contribution in [0.15, 0.2) is 36.4 Å². The highest BCUT2D eigenvalue weighted by atomic mass is 16.7. The summed E-state index contributed by atoms with van der Waals surface area (Å²) in [6, 6.07) is 10.5. The zero-order valence-electron chi connectivity index (χ0n) is 14.3. The van der Waals surface area contributed by atoms with E-state index in [-0.39, 0.29) is 12.4 Å². The van der Waals surface area contributed by atoms with Gasteiger partial charge in [-0.3, -0.25) is 4.79 Å². The average molecular weight is 330 g/mol. The van der Waals surface area contributed by atoms with E-state index in [9.17, 15) is 4.79 Å². The van der Waals surface area contributed by atoms with Crippen molar-refractivity contribution >= 4 is 11.5 Å². The first-order chi connectivity index (χ1) is 11.7. The van der Waals surface area contributed by atoms with Crippen molar-refractivity contribution in [2.45, 2.75) is 44.8 Å². The van der Waals surface area contributed by atoms with Crippen molar-refractivity contribution in [3.05, 3.63) is 42.0 Å². The summed E-state index contributed by atoms with van der Waals surface area (Å²) in [5.41, 5.74) is 2.72. The molecule has 1 aliphatic carbocycles. The van der Waals surface area contributed by atoms with Gasteiger partial charge in [0.25, 0.3) is 0 Å². The second-order valence-electron chi connectivity index (χ2n) is 6.43. The predicted molar refractivity (Wildman–Crippen MR) is 92.3 cm³/mol.